The fraction of sp³-hybridized carbons (Fsp3) is 0.231. The lowest BCUT2D eigenvalue weighted by atomic mass is 10.2. The summed E-state index contributed by atoms with van der Waals surface area (Å²) in [6.07, 6.45) is 1.46. The quantitative estimate of drug-likeness (QED) is 0.883. The molecule has 0 spiro atoms. The van der Waals surface area contributed by atoms with Gasteiger partial charge in [-0.2, -0.15) is 0 Å². The Hall–Kier alpha value is -1.46. The molecule has 0 saturated heterocycles. The third-order valence-corrected chi connectivity index (χ3v) is 4.94. The fourth-order valence-electron chi connectivity index (χ4n) is 1.77. The number of aromatic amines is 1. The van der Waals surface area contributed by atoms with Crippen LogP contribution in [0.3, 0.4) is 0 Å². The van der Waals surface area contributed by atoms with Crippen LogP contribution < -0.4 is 4.31 Å². The van der Waals surface area contributed by atoms with Crippen LogP contribution in [0.4, 0.5) is 5.69 Å². The van der Waals surface area contributed by atoms with Gasteiger partial charge in [0, 0.05) is 18.9 Å². The molecule has 6 heteroatoms. The Labute approximate surface area is 118 Å². The minimum atomic E-state index is -3.55. The lowest BCUT2D eigenvalue weighted by molar-refractivity contribution is 0.594. The molecule has 0 aliphatic rings. The Morgan fingerprint density at radius 2 is 2.05 bits per heavy atom. The number of sulfonamides is 1. The van der Waals surface area contributed by atoms with Crippen molar-refractivity contribution in [2.75, 3.05) is 11.4 Å². The maximum Gasteiger partial charge on any atom is 0.265 e. The number of H-pyrrole nitrogens is 1. The van der Waals surface area contributed by atoms with Gasteiger partial charge in [-0.15, -0.1) is 11.6 Å². The number of halogens is 1. The Balaban J connectivity index is 2.39. The third kappa shape index (κ3) is 2.77. The molecule has 102 valence electrons. The van der Waals surface area contributed by atoms with Gasteiger partial charge in [-0.1, -0.05) is 12.1 Å². The molecule has 2 rings (SSSR count). The van der Waals surface area contributed by atoms with Crippen molar-refractivity contribution < 1.29 is 8.42 Å². The molecule has 0 atom stereocenters. The number of benzene rings is 1. The summed E-state index contributed by atoms with van der Waals surface area (Å²) in [7, 11) is -2.02. The molecule has 0 bridgehead atoms. The van der Waals surface area contributed by atoms with E-state index in [1.54, 1.807) is 12.1 Å². The first-order valence-corrected chi connectivity index (χ1v) is 7.71. The monoisotopic (exact) mass is 298 g/mol. The van der Waals surface area contributed by atoms with Gasteiger partial charge in [0.05, 0.1) is 11.6 Å². The first-order valence-electron chi connectivity index (χ1n) is 5.74. The maximum atomic E-state index is 12.4. The second-order valence-corrected chi connectivity index (χ2v) is 6.54. The van der Waals surface area contributed by atoms with E-state index >= 15 is 0 Å². The van der Waals surface area contributed by atoms with Gasteiger partial charge in [-0.25, -0.2) is 8.42 Å². The van der Waals surface area contributed by atoms with Crippen LogP contribution in [0, 0.1) is 6.92 Å². The summed E-state index contributed by atoms with van der Waals surface area (Å²) in [5.41, 5.74) is 2.32. The zero-order chi connectivity index (χ0) is 14.0. The zero-order valence-electron chi connectivity index (χ0n) is 10.7. The standard InChI is InChI=1S/C13H15ClN2O2S/c1-10-4-3-5-12(6-10)16(2)19(17,18)13-7-11(8-14)15-9-13/h3-7,9,15H,8H2,1-2H3. The molecule has 0 fully saturated rings. The molecule has 19 heavy (non-hydrogen) atoms. The topological polar surface area (TPSA) is 53.2 Å². The van der Waals surface area contributed by atoms with E-state index in [1.165, 1.54) is 17.5 Å². The first-order chi connectivity index (χ1) is 8.95. The third-order valence-electron chi connectivity index (χ3n) is 2.88. The lowest BCUT2D eigenvalue weighted by Crippen LogP contribution is -2.26. The molecular formula is C13H15ClN2O2S. The normalized spacial score (nSPS) is 11.5. The Bertz CT molecular complexity index is 679. The molecule has 1 aromatic carbocycles. The number of hydrogen-bond donors (Lipinski definition) is 1. The number of nitrogens with zero attached hydrogens (tertiary/aromatic N) is 1. The second kappa shape index (κ2) is 5.27. The summed E-state index contributed by atoms with van der Waals surface area (Å²) < 4.78 is 26.1. The van der Waals surface area contributed by atoms with Gasteiger partial charge in [0.25, 0.3) is 10.0 Å². The summed E-state index contributed by atoms with van der Waals surface area (Å²) in [6, 6.07) is 8.89. The van der Waals surface area contributed by atoms with E-state index in [9.17, 15) is 8.42 Å². The summed E-state index contributed by atoms with van der Waals surface area (Å²) in [6.45, 7) is 1.92. The molecule has 1 N–H and O–H groups in total. The van der Waals surface area contributed by atoms with Crippen molar-refractivity contribution in [1.29, 1.82) is 0 Å². The number of hydrogen-bond acceptors (Lipinski definition) is 2. The van der Waals surface area contributed by atoms with Crippen molar-refractivity contribution >= 4 is 27.3 Å². The molecule has 0 unspecified atom stereocenters. The van der Waals surface area contributed by atoms with Crippen LogP contribution in [0.5, 0.6) is 0 Å². The van der Waals surface area contributed by atoms with E-state index in [2.05, 4.69) is 4.98 Å². The molecule has 1 heterocycles. The number of anilines is 1. The number of nitrogens with one attached hydrogen (secondary N) is 1. The number of rotatable bonds is 4. The maximum absolute atomic E-state index is 12.4. The van der Waals surface area contributed by atoms with Crippen molar-refractivity contribution in [2.24, 2.45) is 0 Å². The predicted molar refractivity (Wildman–Crippen MR) is 77.1 cm³/mol. The summed E-state index contributed by atoms with van der Waals surface area (Å²) in [5, 5.41) is 0. The van der Waals surface area contributed by atoms with E-state index in [1.807, 2.05) is 25.1 Å². The summed E-state index contributed by atoms with van der Waals surface area (Å²) in [4.78, 5) is 3.06. The van der Waals surface area contributed by atoms with Crippen LogP contribution in [-0.2, 0) is 15.9 Å². The highest BCUT2D eigenvalue weighted by Crippen LogP contribution is 2.23. The predicted octanol–water partition coefficient (Wildman–Crippen LogP) is 2.89. The molecule has 1 aromatic heterocycles. The Morgan fingerprint density at radius 1 is 1.32 bits per heavy atom. The van der Waals surface area contributed by atoms with E-state index in [-0.39, 0.29) is 10.8 Å². The van der Waals surface area contributed by atoms with Crippen molar-refractivity contribution in [3.63, 3.8) is 0 Å². The molecule has 0 amide bonds. The van der Waals surface area contributed by atoms with Crippen molar-refractivity contribution in [1.82, 2.24) is 4.98 Å². The smallest absolute Gasteiger partial charge is 0.265 e. The molecular weight excluding hydrogens is 284 g/mol. The van der Waals surface area contributed by atoms with Gasteiger partial charge in [-0.3, -0.25) is 4.31 Å². The van der Waals surface area contributed by atoms with E-state index in [0.29, 0.717) is 11.4 Å². The van der Waals surface area contributed by atoms with Crippen LogP contribution >= 0.6 is 11.6 Å². The van der Waals surface area contributed by atoms with Crippen molar-refractivity contribution in [3.8, 4) is 0 Å². The highest BCUT2D eigenvalue weighted by Gasteiger charge is 2.22. The van der Waals surface area contributed by atoms with Crippen LogP contribution in [0.25, 0.3) is 0 Å². The van der Waals surface area contributed by atoms with Crippen molar-refractivity contribution in [2.45, 2.75) is 17.7 Å². The number of aryl methyl sites for hydroxylation is 1. The molecule has 2 aromatic rings. The SMILES string of the molecule is Cc1cccc(N(C)S(=O)(=O)c2c[nH]c(CCl)c2)c1. The minimum absolute atomic E-state index is 0.215. The fourth-order valence-corrected chi connectivity index (χ4v) is 3.13. The van der Waals surface area contributed by atoms with Crippen molar-refractivity contribution in [3.05, 3.63) is 47.8 Å². The van der Waals surface area contributed by atoms with Crippen LogP contribution in [0.2, 0.25) is 0 Å². The van der Waals surface area contributed by atoms with Crippen LogP contribution in [0.1, 0.15) is 11.3 Å². The summed E-state index contributed by atoms with van der Waals surface area (Å²) in [5.74, 6) is 0.254. The van der Waals surface area contributed by atoms with Gasteiger partial charge < -0.3 is 4.98 Å². The van der Waals surface area contributed by atoms with Gasteiger partial charge in [0.15, 0.2) is 0 Å². The Morgan fingerprint density at radius 3 is 2.63 bits per heavy atom. The van der Waals surface area contributed by atoms with E-state index in [0.717, 1.165) is 5.56 Å². The van der Waals surface area contributed by atoms with E-state index in [4.69, 9.17) is 11.6 Å². The minimum Gasteiger partial charge on any atom is -0.363 e. The summed E-state index contributed by atoms with van der Waals surface area (Å²) >= 11 is 5.67. The first kappa shape index (κ1) is 14.0. The molecule has 0 saturated carbocycles. The lowest BCUT2D eigenvalue weighted by Gasteiger charge is -2.19. The highest BCUT2D eigenvalue weighted by molar-refractivity contribution is 7.92. The molecule has 0 aliphatic carbocycles. The van der Waals surface area contributed by atoms with E-state index < -0.39 is 10.0 Å². The van der Waals surface area contributed by atoms with Gasteiger partial charge in [-0.05, 0) is 30.7 Å². The number of alkyl halides is 1. The van der Waals surface area contributed by atoms with Gasteiger partial charge in [0.1, 0.15) is 4.90 Å². The molecule has 4 nitrogen and oxygen atoms in total. The number of aromatic nitrogens is 1. The largest absolute Gasteiger partial charge is 0.363 e. The highest BCUT2D eigenvalue weighted by atomic mass is 35.5. The van der Waals surface area contributed by atoms with Gasteiger partial charge >= 0.3 is 0 Å². The second-order valence-electron chi connectivity index (χ2n) is 4.31. The van der Waals surface area contributed by atoms with Crippen LogP contribution in [0.15, 0.2) is 41.4 Å². The van der Waals surface area contributed by atoms with Gasteiger partial charge in [0.2, 0.25) is 0 Å². The molecule has 0 radical (unpaired) electrons. The average molecular weight is 299 g/mol. The average Bonchev–Trinajstić information content (AvgIpc) is 2.87. The Kier molecular flexibility index (Phi) is 3.87. The molecule has 0 aliphatic heterocycles. The zero-order valence-corrected chi connectivity index (χ0v) is 12.3. The van der Waals surface area contributed by atoms with Crippen LogP contribution in [-0.4, -0.2) is 20.4 Å².